The number of unbranched alkanes of at least 4 members (excludes halogenated alkanes) is 1. The molecule has 0 heterocycles. The highest BCUT2D eigenvalue weighted by atomic mass is 15.0. The molecular formula is C12H23N. The lowest BCUT2D eigenvalue weighted by molar-refractivity contribution is 0.113. The highest BCUT2D eigenvalue weighted by Crippen LogP contribution is 2.44. The summed E-state index contributed by atoms with van der Waals surface area (Å²) in [5.74, 6) is 0. The molecule has 0 aromatic carbocycles. The van der Waals surface area contributed by atoms with Gasteiger partial charge in [0.1, 0.15) is 0 Å². The third-order valence-electron chi connectivity index (χ3n) is 3.82. The number of nitrogens with one attached hydrogen (secondary N) is 1. The molecule has 2 aliphatic carbocycles. The molecule has 0 unspecified atom stereocenters. The van der Waals surface area contributed by atoms with Crippen molar-refractivity contribution in [3.05, 3.63) is 0 Å². The predicted molar refractivity (Wildman–Crippen MR) is 56.8 cm³/mol. The first kappa shape index (κ1) is 9.51. The van der Waals surface area contributed by atoms with Gasteiger partial charge in [-0.05, 0) is 37.5 Å². The van der Waals surface area contributed by atoms with E-state index in [0.717, 1.165) is 11.5 Å². The number of hydrogen-bond acceptors (Lipinski definition) is 1. The fourth-order valence-corrected chi connectivity index (χ4v) is 2.39. The van der Waals surface area contributed by atoms with Crippen LogP contribution in [0.15, 0.2) is 0 Å². The van der Waals surface area contributed by atoms with Gasteiger partial charge in [0.05, 0.1) is 0 Å². The zero-order valence-corrected chi connectivity index (χ0v) is 8.94. The molecule has 0 radical (unpaired) electrons. The Morgan fingerprint density at radius 2 is 2.08 bits per heavy atom. The monoisotopic (exact) mass is 181 g/mol. The van der Waals surface area contributed by atoms with Crippen LogP contribution in [0.2, 0.25) is 0 Å². The van der Waals surface area contributed by atoms with Crippen molar-refractivity contribution in [3.63, 3.8) is 0 Å². The summed E-state index contributed by atoms with van der Waals surface area (Å²) in [5, 5.41) is 3.71. The van der Waals surface area contributed by atoms with Crippen LogP contribution < -0.4 is 5.32 Å². The summed E-state index contributed by atoms with van der Waals surface area (Å²) in [6.45, 7) is 3.62. The van der Waals surface area contributed by atoms with E-state index in [2.05, 4.69) is 12.2 Å². The molecule has 13 heavy (non-hydrogen) atoms. The first-order valence-electron chi connectivity index (χ1n) is 6.08. The Morgan fingerprint density at radius 1 is 1.31 bits per heavy atom. The van der Waals surface area contributed by atoms with E-state index in [9.17, 15) is 0 Å². The second-order valence-corrected chi connectivity index (χ2v) is 5.11. The predicted octanol–water partition coefficient (Wildman–Crippen LogP) is 3.10. The Bertz CT molecular complexity index is 157. The van der Waals surface area contributed by atoms with E-state index < -0.39 is 0 Å². The van der Waals surface area contributed by atoms with E-state index in [1.807, 2.05) is 0 Å². The largest absolute Gasteiger partial charge is 0.313 e. The van der Waals surface area contributed by atoms with E-state index in [4.69, 9.17) is 0 Å². The first-order chi connectivity index (χ1) is 6.35. The van der Waals surface area contributed by atoms with Crippen molar-refractivity contribution in [2.45, 2.75) is 64.3 Å². The van der Waals surface area contributed by atoms with Gasteiger partial charge in [0.25, 0.3) is 0 Å². The Hall–Kier alpha value is -0.0400. The van der Waals surface area contributed by atoms with Crippen LogP contribution in [0.5, 0.6) is 0 Å². The number of hydrogen-bond donors (Lipinski definition) is 1. The van der Waals surface area contributed by atoms with Gasteiger partial charge in [-0.25, -0.2) is 0 Å². The molecule has 1 heteroatoms. The van der Waals surface area contributed by atoms with E-state index >= 15 is 0 Å². The standard InChI is InChI=1S/C12H23N/c1-2-3-7-12(8-4-9-12)10-13-11-5-6-11/h11,13H,2-10H2,1H3. The first-order valence-corrected chi connectivity index (χ1v) is 6.08. The van der Waals surface area contributed by atoms with Gasteiger partial charge >= 0.3 is 0 Å². The van der Waals surface area contributed by atoms with Gasteiger partial charge in [-0.15, -0.1) is 0 Å². The van der Waals surface area contributed by atoms with E-state index in [1.165, 1.54) is 57.9 Å². The van der Waals surface area contributed by atoms with Gasteiger partial charge in [-0.2, -0.15) is 0 Å². The Morgan fingerprint density at radius 3 is 2.54 bits per heavy atom. The summed E-state index contributed by atoms with van der Waals surface area (Å²) in [5.41, 5.74) is 0.735. The van der Waals surface area contributed by atoms with Crippen LogP contribution in [0.3, 0.4) is 0 Å². The third kappa shape index (κ3) is 2.46. The average Bonchev–Trinajstić information content (AvgIpc) is 2.86. The normalized spacial score (nSPS) is 25.6. The third-order valence-corrected chi connectivity index (χ3v) is 3.82. The molecular weight excluding hydrogens is 158 g/mol. The lowest BCUT2D eigenvalue weighted by Gasteiger charge is -2.42. The zero-order chi connectivity index (χ0) is 9.15. The highest BCUT2D eigenvalue weighted by molar-refractivity contribution is 4.92. The fraction of sp³-hybridized carbons (Fsp3) is 1.00. The van der Waals surface area contributed by atoms with Crippen molar-refractivity contribution in [1.29, 1.82) is 0 Å². The molecule has 0 saturated heterocycles. The summed E-state index contributed by atoms with van der Waals surface area (Å²) in [6, 6.07) is 0.902. The lowest BCUT2D eigenvalue weighted by Crippen LogP contribution is -2.40. The summed E-state index contributed by atoms with van der Waals surface area (Å²) in [4.78, 5) is 0. The van der Waals surface area contributed by atoms with Crippen molar-refractivity contribution >= 4 is 0 Å². The van der Waals surface area contributed by atoms with Crippen LogP contribution in [0.4, 0.5) is 0 Å². The molecule has 1 nitrogen and oxygen atoms in total. The zero-order valence-electron chi connectivity index (χ0n) is 8.94. The van der Waals surface area contributed by atoms with Crippen molar-refractivity contribution in [2.24, 2.45) is 5.41 Å². The minimum Gasteiger partial charge on any atom is -0.313 e. The van der Waals surface area contributed by atoms with Gasteiger partial charge in [-0.3, -0.25) is 0 Å². The van der Waals surface area contributed by atoms with Crippen LogP contribution in [0.25, 0.3) is 0 Å². The topological polar surface area (TPSA) is 12.0 Å². The molecule has 0 amide bonds. The maximum Gasteiger partial charge on any atom is 0.00684 e. The molecule has 2 fully saturated rings. The summed E-state index contributed by atoms with van der Waals surface area (Å²) in [7, 11) is 0. The molecule has 2 rings (SSSR count). The molecule has 0 atom stereocenters. The van der Waals surface area contributed by atoms with E-state index in [0.29, 0.717) is 0 Å². The average molecular weight is 181 g/mol. The summed E-state index contributed by atoms with van der Waals surface area (Å²) in [6.07, 6.45) is 11.6. The Balaban J connectivity index is 1.69. The summed E-state index contributed by atoms with van der Waals surface area (Å²) >= 11 is 0. The molecule has 0 spiro atoms. The second-order valence-electron chi connectivity index (χ2n) is 5.11. The quantitative estimate of drug-likeness (QED) is 0.664. The van der Waals surface area contributed by atoms with Crippen molar-refractivity contribution in [3.8, 4) is 0 Å². The minimum atomic E-state index is 0.735. The molecule has 2 aliphatic rings. The molecule has 2 saturated carbocycles. The molecule has 1 N–H and O–H groups in total. The van der Waals surface area contributed by atoms with Crippen LogP contribution in [-0.2, 0) is 0 Å². The van der Waals surface area contributed by atoms with Gasteiger partial charge in [0.15, 0.2) is 0 Å². The van der Waals surface area contributed by atoms with Crippen LogP contribution in [-0.4, -0.2) is 12.6 Å². The molecule has 0 bridgehead atoms. The van der Waals surface area contributed by atoms with Gasteiger partial charge in [0.2, 0.25) is 0 Å². The maximum atomic E-state index is 3.71. The van der Waals surface area contributed by atoms with Crippen LogP contribution >= 0.6 is 0 Å². The second kappa shape index (κ2) is 4.00. The van der Waals surface area contributed by atoms with Crippen molar-refractivity contribution in [1.82, 2.24) is 5.32 Å². The van der Waals surface area contributed by atoms with Gasteiger partial charge in [-0.1, -0.05) is 26.2 Å². The summed E-state index contributed by atoms with van der Waals surface area (Å²) < 4.78 is 0. The van der Waals surface area contributed by atoms with Crippen molar-refractivity contribution in [2.75, 3.05) is 6.54 Å². The van der Waals surface area contributed by atoms with E-state index in [1.54, 1.807) is 0 Å². The molecule has 0 aromatic heterocycles. The smallest absolute Gasteiger partial charge is 0.00684 e. The Labute approximate surface area is 82.3 Å². The minimum absolute atomic E-state index is 0.735. The van der Waals surface area contributed by atoms with Gasteiger partial charge in [0, 0.05) is 12.6 Å². The lowest BCUT2D eigenvalue weighted by atomic mass is 9.66. The van der Waals surface area contributed by atoms with Gasteiger partial charge < -0.3 is 5.32 Å². The Kier molecular flexibility index (Phi) is 2.92. The van der Waals surface area contributed by atoms with Crippen LogP contribution in [0.1, 0.15) is 58.3 Å². The molecule has 0 aromatic rings. The highest BCUT2D eigenvalue weighted by Gasteiger charge is 2.37. The molecule has 0 aliphatic heterocycles. The molecule has 76 valence electrons. The fourth-order valence-electron chi connectivity index (χ4n) is 2.39. The van der Waals surface area contributed by atoms with E-state index in [-0.39, 0.29) is 0 Å². The van der Waals surface area contributed by atoms with Crippen molar-refractivity contribution < 1.29 is 0 Å². The SMILES string of the molecule is CCCCC1(CNC2CC2)CCC1. The maximum absolute atomic E-state index is 3.71. The number of rotatable bonds is 6. The van der Waals surface area contributed by atoms with Crippen LogP contribution in [0, 0.1) is 5.41 Å².